The third-order valence-electron chi connectivity index (χ3n) is 3.42. The van der Waals surface area contributed by atoms with Crippen molar-refractivity contribution in [3.8, 4) is 0 Å². The maximum absolute atomic E-state index is 12.9. The van der Waals surface area contributed by atoms with E-state index in [4.69, 9.17) is 2.51 Å². The molecule has 0 fully saturated rings. The number of aryl methyl sites for hydroxylation is 3. The van der Waals surface area contributed by atoms with E-state index in [0.717, 1.165) is 17.7 Å². The second-order valence-corrected chi connectivity index (χ2v) is 12.0. The molecule has 148 valence electrons. The van der Waals surface area contributed by atoms with Crippen molar-refractivity contribution in [3.05, 3.63) is 70.3 Å². The minimum atomic E-state index is -5.83. The Morgan fingerprint density at radius 1 is 1.04 bits per heavy atom. The van der Waals surface area contributed by atoms with Gasteiger partial charge < -0.3 is 0 Å². The maximum atomic E-state index is 12.9. The normalized spacial score (nSPS) is 12.7. The summed E-state index contributed by atoms with van der Waals surface area (Å²) in [6, 6.07) is 8.16. The predicted octanol–water partition coefficient (Wildman–Crippen LogP) is 4.85. The SMILES string of the molecule is Cc1cc(C)c(I(OS(=O)(=O)C(F)(F)F)c2ccc([N+](=O)[O-])cc2)c(C)c1. The molecule has 0 amide bonds. The van der Waals surface area contributed by atoms with Crippen molar-refractivity contribution in [2.45, 2.75) is 26.3 Å². The molecule has 27 heavy (non-hydrogen) atoms. The second-order valence-electron chi connectivity index (χ2n) is 5.66. The molecule has 0 N–H and O–H groups in total. The summed E-state index contributed by atoms with van der Waals surface area (Å²) in [4.78, 5) is 10.1. The number of nitro groups is 1. The number of hydrogen-bond acceptors (Lipinski definition) is 5. The number of nitro benzene ring substituents is 1. The van der Waals surface area contributed by atoms with Gasteiger partial charge in [-0.25, -0.2) is 0 Å². The Kier molecular flexibility index (Phi) is 6.16. The molecule has 0 aromatic heterocycles. The van der Waals surface area contributed by atoms with Gasteiger partial charge in [0.2, 0.25) is 0 Å². The summed E-state index contributed by atoms with van der Waals surface area (Å²) < 4.78 is 67.3. The van der Waals surface area contributed by atoms with Crippen LogP contribution in [-0.4, -0.2) is 18.8 Å². The fourth-order valence-electron chi connectivity index (χ4n) is 2.41. The minimum absolute atomic E-state index is 0.202. The van der Waals surface area contributed by atoms with E-state index in [9.17, 15) is 31.7 Å². The quantitative estimate of drug-likeness (QED) is 0.245. The van der Waals surface area contributed by atoms with Gasteiger partial charge in [-0.15, -0.1) is 0 Å². The molecule has 0 heterocycles. The molecule has 0 aliphatic rings. The first-order valence-electron chi connectivity index (χ1n) is 7.37. The average Bonchev–Trinajstić information content (AvgIpc) is 2.51. The molecule has 0 saturated heterocycles. The number of non-ortho nitro benzene ring substituents is 1. The molecule has 0 aliphatic carbocycles. The van der Waals surface area contributed by atoms with E-state index in [1.807, 2.05) is 6.92 Å². The van der Waals surface area contributed by atoms with Gasteiger partial charge in [0, 0.05) is 0 Å². The van der Waals surface area contributed by atoms with Gasteiger partial charge in [-0.05, 0) is 0 Å². The first-order chi connectivity index (χ1) is 12.3. The zero-order valence-corrected chi connectivity index (χ0v) is 17.3. The van der Waals surface area contributed by atoms with E-state index in [2.05, 4.69) is 0 Å². The molecule has 11 heteroatoms. The summed E-state index contributed by atoms with van der Waals surface area (Å²) in [6.07, 6.45) is 0. The van der Waals surface area contributed by atoms with Crippen LogP contribution in [0.25, 0.3) is 0 Å². The monoisotopic (exact) mass is 517 g/mol. The van der Waals surface area contributed by atoms with Gasteiger partial charge in [-0.2, -0.15) is 0 Å². The van der Waals surface area contributed by atoms with E-state index in [-0.39, 0.29) is 9.26 Å². The number of rotatable bonds is 5. The van der Waals surface area contributed by atoms with Crippen LogP contribution in [-0.2, 0) is 12.6 Å². The summed E-state index contributed by atoms with van der Waals surface area (Å²) in [7, 11) is -5.83. The second kappa shape index (κ2) is 7.72. The Morgan fingerprint density at radius 2 is 1.52 bits per heavy atom. The van der Waals surface area contributed by atoms with Gasteiger partial charge in [-0.3, -0.25) is 0 Å². The first kappa shape index (κ1) is 21.6. The number of nitrogens with zero attached hydrogens (tertiary/aromatic N) is 1. The Morgan fingerprint density at radius 3 is 1.93 bits per heavy atom. The van der Waals surface area contributed by atoms with E-state index in [1.165, 1.54) is 12.1 Å². The summed E-state index contributed by atoms with van der Waals surface area (Å²) in [5.74, 6) is 0. The van der Waals surface area contributed by atoms with Crippen LogP contribution < -0.4 is 0 Å². The van der Waals surface area contributed by atoms with E-state index in [1.54, 1.807) is 26.0 Å². The van der Waals surface area contributed by atoms with Crippen LogP contribution in [0.1, 0.15) is 16.7 Å². The van der Waals surface area contributed by atoms with Crippen molar-refractivity contribution in [2.24, 2.45) is 0 Å². The Balaban J connectivity index is 2.65. The number of alkyl halides is 3. The summed E-state index contributed by atoms with van der Waals surface area (Å²) >= 11 is -3.58. The van der Waals surface area contributed by atoms with Gasteiger partial charge >= 0.3 is 162 Å². The van der Waals surface area contributed by atoms with E-state index in [0.29, 0.717) is 14.7 Å². The number of hydrogen-bond donors (Lipinski definition) is 0. The standard InChI is InChI=1S/C16H15F3INO5S/c1-10-8-11(2)15(12(3)9-10)20(26-27(24,25)16(17,18)19)13-4-6-14(7-5-13)21(22)23/h4-9H,1-3H3. The zero-order valence-electron chi connectivity index (χ0n) is 14.4. The fourth-order valence-corrected chi connectivity index (χ4v) is 9.47. The van der Waals surface area contributed by atoms with Crippen molar-refractivity contribution in [3.63, 3.8) is 0 Å². The van der Waals surface area contributed by atoms with Gasteiger partial charge in [0.05, 0.1) is 0 Å². The van der Waals surface area contributed by atoms with Crippen LogP contribution >= 0.6 is 20.2 Å². The van der Waals surface area contributed by atoms with Gasteiger partial charge in [0.15, 0.2) is 0 Å². The molecule has 6 nitrogen and oxygen atoms in total. The molecule has 0 bridgehead atoms. The Bertz CT molecular complexity index is 952. The fraction of sp³-hybridized carbons (Fsp3) is 0.250. The summed E-state index contributed by atoms with van der Waals surface area (Å²) in [5.41, 5.74) is -3.74. The molecule has 0 spiro atoms. The van der Waals surface area contributed by atoms with Crippen molar-refractivity contribution in [1.29, 1.82) is 0 Å². The van der Waals surface area contributed by atoms with Gasteiger partial charge in [0.25, 0.3) is 0 Å². The Labute approximate surface area is 161 Å². The van der Waals surface area contributed by atoms with Crippen molar-refractivity contribution in [2.75, 3.05) is 0 Å². The third kappa shape index (κ3) is 4.76. The van der Waals surface area contributed by atoms with Crippen molar-refractivity contribution >= 4 is 36.0 Å². The van der Waals surface area contributed by atoms with Crippen LogP contribution in [0.2, 0.25) is 0 Å². The molecular formula is C16H15F3INO5S. The van der Waals surface area contributed by atoms with E-state index >= 15 is 0 Å². The molecule has 0 atom stereocenters. The average molecular weight is 517 g/mol. The molecular weight excluding hydrogens is 502 g/mol. The van der Waals surface area contributed by atoms with Gasteiger partial charge in [-0.1, -0.05) is 0 Å². The summed E-state index contributed by atoms with van der Waals surface area (Å²) in [5, 5.41) is 10.8. The van der Waals surface area contributed by atoms with Crippen LogP contribution in [0.4, 0.5) is 18.9 Å². The van der Waals surface area contributed by atoms with Crippen LogP contribution in [0.5, 0.6) is 0 Å². The zero-order chi connectivity index (χ0) is 20.6. The Hall–Kier alpha value is -1.73. The van der Waals surface area contributed by atoms with Crippen molar-refractivity contribution in [1.82, 2.24) is 0 Å². The van der Waals surface area contributed by atoms with Crippen molar-refractivity contribution < 1.29 is 29.0 Å². The number of benzene rings is 2. The molecule has 0 radical (unpaired) electrons. The molecule has 0 unspecified atom stereocenters. The van der Waals surface area contributed by atoms with Crippen LogP contribution in [0, 0.1) is 38.0 Å². The molecule has 2 aromatic rings. The molecule has 2 aromatic carbocycles. The number of halogens is 4. The predicted molar refractivity (Wildman–Crippen MR) is 101 cm³/mol. The molecule has 0 aliphatic heterocycles. The first-order valence-corrected chi connectivity index (χ1v) is 11.8. The molecule has 2 rings (SSSR count). The van der Waals surface area contributed by atoms with Crippen LogP contribution in [0.15, 0.2) is 36.4 Å². The van der Waals surface area contributed by atoms with Crippen LogP contribution in [0.3, 0.4) is 0 Å². The topological polar surface area (TPSA) is 86.5 Å². The summed E-state index contributed by atoms with van der Waals surface area (Å²) in [6.45, 7) is 5.13. The van der Waals surface area contributed by atoms with E-state index < -0.39 is 40.8 Å². The molecule has 0 saturated carbocycles. The third-order valence-corrected chi connectivity index (χ3v) is 11.3. The van der Waals surface area contributed by atoms with Gasteiger partial charge in [0.1, 0.15) is 0 Å².